The molecule has 1 aliphatic heterocycles. The van der Waals surface area contributed by atoms with Crippen LogP contribution in [0.4, 0.5) is 17.6 Å². The molecule has 2 unspecified atom stereocenters. The summed E-state index contributed by atoms with van der Waals surface area (Å²) in [5.41, 5.74) is -0.946. The van der Waals surface area contributed by atoms with Crippen LogP contribution < -0.4 is 5.32 Å². The quantitative estimate of drug-likeness (QED) is 0.760. The summed E-state index contributed by atoms with van der Waals surface area (Å²) in [6.45, 7) is 3.97. The molecule has 0 aromatic carbocycles. The molecule has 0 aromatic rings. The molecule has 0 spiro atoms. The Kier molecular flexibility index (Phi) is 4.81. The zero-order valence-corrected chi connectivity index (χ0v) is 11.4. The van der Waals surface area contributed by atoms with Gasteiger partial charge in [0.2, 0.25) is 5.91 Å². The minimum absolute atomic E-state index is 0.419. The first-order valence-electron chi connectivity index (χ1n) is 6.42. The Hall–Kier alpha value is -0.850. The normalized spacial score (nSPS) is 28.5. The molecule has 0 aliphatic carbocycles. The number of nitrogens with one attached hydrogen (secondary N) is 1. The van der Waals surface area contributed by atoms with E-state index < -0.39 is 36.5 Å². The summed E-state index contributed by atoms with van der Waals surface area (Å²) >= 11 is 0. The Morgan fingerprint density at radius 3 is 2.42 bits per heavy atom. The van der Waals surface area contributed by atoms with Gasteiger partial charge in [0.25, 0.3) is 0 Å². The Balaban J connectivity index is 2.92. The van der Waals surface area contributed by atoms with Crippen LogP contribution in [0.15, 0.2) is 0 Å². The highest BCUT2D eigenvalue weighted by atomic mass is 19.3. The van der Waals surface area contributed by atoms with Crippen molar-refractivity contribution in [3.8, 4) is 0 Å². The average Bonchev–Trinajstić information content (AvgIpc) is 2.55. The lowest BCUT2D eigenvalue weighted by molar-refractivity contribution is -0.158. The van der Waals surface area contributed by atoms with E-state index in [0.717, 1.165) is 4.90 Å². The molecule has 1 amide bonds. The Morgan fingerprint density at radius 1 is 1.42 bits per heavy atom. The van der Waals surface area contributed by atoms with Gasteiger partial charge in [-0.2, -0.15) is 8.78 Å². The van der Waals surface area contributed by atoms with Crippen molar-refractivity contribution < 1.29 is 22.4 Å². The van der Waals surface area contributed by atoms with Crippen LogP contribution >= 0.6 is 0 Å². The van der Waals surface area contributed by atoms with Crippen molar-refractivity contribution in [3.63, 3.8) is 0 Å². The number of carbonyl (C=O) groups is 1. The molecule has 2 atom stereocenters. The summed E-state index contributed by atoms with van der Waals surface area (Å²) in [7, 11) is 0. The molecule has 0 saturated carbocycles. The van der Waals surface area contributed by atoms with Gasteiger partial charge in [-0.3, -0.25) is 10.1 Å². The van der Waals surface area contributed by atoms with E-state index in [1.165, 1.54) is 0 Å². The van der Waals surface area contributed by atoms with E-state index in [2.05, 4.69) is 5.32 Å². The number of carbonyl (C=O) groups excluding carboxylic acids is 1. The van der Waals surface area contributed by atoms with Gasteiger partial charge in [-0.15, -0.1) is 0 Å². The van der Waals surface area contributed by atoms with Crippen LogP contribution in [-0.2, 0) is 4.79 Å². The van der Waals surface area contributed by atoms with Crippen molar-refractivity contribution in [2.45, 2.75) is 64.1 Å². The maximum absolute atomic E-state index is 13.2. The van der Waals surface area contributed by atoms with E-state index in [1.807, 2.05) is 6.92 Å². The molecule has 112 valence electrons. The van der Waals surface area contributed by atoms with Crippen LogP contribution in [0.3, 0.4) is 0 Å². The van der Waals surface area contributed by atoms with Gasteiger partial charge in [-0.1, -0.05) is 20.3 Å². The fourth-order valence-electron chi connectivity index (χ4n) is 2.20. The van der Waals surface area contributed by atoms with Gasteiger partial charge in [0.15, 0.2) is 0 Å². The Bertz CT molecular complexity index is 338. The van der Waals surface area contributed by atoms with Gasteiger partial charge < -0.3 is 4.90 Å². The van der Waals surface area contributed by atoms with E-state index in [9.17, 15) is 22.4 Å². The maximum Gasteiger partial charge on any atom is 0.324 e. The lowest BCUT2D eigenvalue weighted by Gasteiger charge is -2.28. The predicted molar refractivity (Wildman–Crippen MR) is 63.2 cm³/mol. The third-order valence-electron chi connectivity index (χ3n) is 3.56. The number of nitrogens with zero attached hydrogens (tertiary/aromatic N) is 1. The summed E-state index contributed by atoms with van der Waals surface area (Å²) in [5.74, 6) is -4.71. The van der Waals surface area contributed by atoms with Crippen LogP contribution in [0.25, 0.3) is 0 Å². The maximum atomic E-state index is 13.2. The molecule has 0 radical (unpaired) electrons. The van der Waals surface area contributed by atoms with Crippen LogP contribution in [0, 0.1) is 0 Å². The van der Waals surface area contributed by atoms with Crippen molar-refractivity contribution >= 4 is 5.91 Å². The van der Waals surface area contributed by atoms with E-state index in [0.29, 0.717) is 19.3 Å². The van der Waals surface area contributed by atoms with Crippen LogP contribution in [0.2, 0.25) is 0 Å². The topological polar surface area (TPSA) is 32.3 Å². The molecule has 1 N–H and O–H groups in total. The predicted octanol–water partition coefficient (Wildman–Crippen LogP) is 2.61. The standard InChI is InChI=1S/C12H20F4N2O/c1-4-6-8-17-11(3,5-2)10(19)18(8)7-12(15,16)9(13)14/h8-9,17H,4-7H2,1-3H3. The summed E-state index contributed by atoms with van der Waals surface area (Å²) < 4.78 is 50.9. The molecule has 0 aromatic heterocycles. The number of halogens is 4. The zero-order chi connectivity index (χ0) is 14.8. The van der Waals surface area contributed by atoms with Gasteiger partial charge in [0, 0.05) is 0 Å². The Morgan fingerprint density at radius 2 is 2.00 bits per heavy atom. The second-order valence-electron chi connectivity index (χ2n) is 5.13. The summed E-state index contributed by atoms with van der Waals surface area (Å²) in [6, 6.07) is 0. The lowest BCUT2D eigenvalue weighted by atomic mass is 9.99. The smallest absolute Gasteiger partial charge is 0.319 e. The highest BCUT2D eigenvalue weighted by Gasteiger charge is 2.52. The molecular weight excluding hydrogens is 264 g/mol. The molecule has 7 heteroatoms. The second-order valence-corrected chi connectivity index (χ2v) is 5.13. The number of rotatable bonds is 6. The average molecular weight is 284 g/mol. The minimum atomic E-state index is -4.18. The van der Waals surface area contributed by atoms with Gasteiger partial charge in [0.05, 0.1) is 18.2 Å². The van der Waals surface area contributed by atoms with E-state index in [-0.39, 0.29) is 0 Å². The van der Waals surface area contributed by atoms with Gasteiger partial charge in [-0.25, -0.2) is 8.78 Å². The fraction of sp³-hybridized carbons (Fsp3) is 0.917. The molecule has 1 heterocycles. The van der Waals surface area contributed by atoms with Crippen LogP contribution in [-0.4, -0.2) is 41.4 Å². The van der Waals surface area contributed by atoms with Crippen LogP contribution in [0.5, 0.6) is 0 Å². The second kappa shape index (κ2) is 5.64. The highest BCUT2D eigenvalue weighted by Crippen LogP contribution is 2.31. The van der Waals surface area contributed by atoms with E-state index in [4.69, 9.17) is 0 Å². The van der Waals surface area contributed by atoms with Crippen molar-refractivity contribution in [1.29, 1.82) is 0 Å². The van der Waals surface area contributed by atoms with Crippen molar-refractivity contribution in [2.75, 3.05) is 6.54 Å². The molecule has 3 nitrogen and oxygen atoms in total. The third kappa shape index (κ3) is 3.19. The first-order valence-corrected chi connectivity index (χ1v) is 6.42. The van der Waals surface area contributed by atoms with Gasteiger partial charge >= 0.3 is 12.3 Å². The number of amides is 1. The molecule has 1 aliphatic rings. The van der Waals surface area contributed by atoms with Crippen molar-refractivity contribution in [3.05, 3.63) is 0 Å². The van der Waals surface area contributed by atoms with Gasteiger partial charge in [-0.05, 0) is 19.8 Å². The third-order valence-corrected chi connectivity index (χ3v) is 3.56. The molecule has 1 rings (SSSR count). The molecular formula is C12H20F4N2O. The number of hydrogen-bond acceptors (Lipinski definition) is 2. The number of alkyl halides is 4. The lowest BCUT2D eigenvalue weighted by Crippen LogP contribution is -2.47. The van der Waals surface area contributed by atoms with E-state index in [1.54, 1.807) is 13.8 Å². The first kappa shape index (κ1) is 16.2. The number of hydrogen-bond donors (Lipinski definition) is 1. The summed E-state index contributed by atoms with van der Waals surface area (Å²) in [6.07, 6.45) is -2.83. The van der Waals surface area contributed by atoms with Gasteiger partial charge in [0.1, 0.15) is 0 Å². The molecule has 1 saturated heterocycles. The minimum Gasteiger partial charge on any atom is -0.319 e. The molecule has 1 fully saturated rings. The monoisotopic (exact) mass is 284 g/mol. The van der Waals surface area contributed by atoms with Crippen LogP contribution in [0.1, 0.15) is 40.0 Å². The van der Waals surface area contributed by atoms with E-state index >= 15 is 0 Å². The summed E-state index contributed by atoms with van der Waals surface area (Å²) in [5, 5.41) is 2.98. The SMILES string of the molecule is CCCC1NC(C)(CC)C(=O)N1CC(F)(F)C(F)F. The first-order chi connectivity index (χ1) is 8.68. The fourth-order valence-corrected chi connectivity index (χ4v) is 2.20. The summed E-state index contributed by atoms with van der Waals surface area (Å²) in [4.78, 5) is 13.0. The highest BCUT2D eigenvalue weighted by molar-refractivity contribution is 5.88. The van der Waals surface area contributed by atoms with Crippen molar-refractivity contribution in [1.82, 2.24) is 10.2 Å². The van der Waals surface area contributed by atoms with Crippen molar-refractivity contribution in [2.24, 2.45) is 0 Å². The largest absolute Gasteiger partial charge is 0.324 e. The Labute approximate surface area is 110 Å². The zero-order valence-electron chi connectivity index (χ0n) is 11.4. The molecule has 0 bridgehead atoms. The molecule has 19 heavy (non-hydrogen) atoms.